The number of hydrogen-bond acceptors (Lipinski definition) is 2. The minimum atomic E-state index is 0.786. The first-order valence-corrected chi connectivity index (χ1v) is 6.32. The Bertz CT molecular complexity index is 350. The molecule has 2 aliphatic rings. The Kier molecular flexibility index (Phi) is 2.70. The molecule has 1 fully saturated rings. The van der Waals surface area contributed by atoms with Crippen molar-refractivity contribution in [3.05, 3.63) is 35.4 Å². The number of hydrogen-bond donors (Lipinski definition) is 0. The Labute approximate surface area is 97.9 Å². The zero-order valence-corrected chi connectivity index (χ0v) is 10.0. The third kappa shape index (κ3) is 1.87. The number of rotatable bonds is 2. The second-order valence-electron chi connectivity index (χ2n) is 5.21. The molecule has 86 valence electrons. The van der Waals surface area contributed by atoms with Crippen LogP contribution in [0.15, 0.2) is 24.3 Å². The van der Waals surface area contributed by atoms with Gasteiger partial charge in [-0.05, 0) is 37.6 Å². The van der Waals surface area contributed by atoms with Crippen molar-refractivity contribution in [3.8, 4) is 0 Å². The van der Waals surface area contributed by atoms with Crippen LogP contribution in [0.25, 0.3) is 0 Å². The summed E-state index contributed by atoms with van der Waals surface area (Å²) >= 11 is 0. The fourth-order valence-corrected chi connectivity index (χ4v) is 3.04. The van der Waals surface area contributed by atoms with E-state index in [1.165, 1.54) is 37.1 Å². The molecule has 0 radical (unpaired) electrons. The molecular weight excluding hydrogens is 196 g/mol. The van der Waals surface area contributed by atoms with Crippen LogP contribution in [0.2, 0.25) is 0 Å². The number of fused-ring (bicyclic) bond motifs is 1. The quantitative estimate of drug-likeness (QED) is 0.747. The van der Waals surface area contributed by atoms with Gasteiger partial charge in [-0.15, -0.1) is 0 Å². The van der Waals surface area contributed by atoms with E-state index in [-0.39, 0.29) is 0 Å². The molecule has 0 saturated carbocycles. The van der Waals surface area contributed by atoms with E-state index in [4.69, 9.17) is 0 Å². The number of benzene rings is 1. The van der Waals surface area contributed by atoms with Crippen LogP contribution in [0.1, 0.15) is 24.0 Å². The van der Waals surface area contributed by atoms with Crippen molar-refractivity contribution in [1.82, 2.24) is 9.80 Å². The van der Waals surface area contributed by atoms with Crippen LogP contribution < -0.4 is 0 Å². The van der Waals surface area contributed by atoms with Crippen LogP contribution in [0, 0.1) is 0 Å². The topological polar surface area (TPSA) is 6.48 Å². The molecule has 1 aromatic rings. The standard InChI is InChI=1S/C14H20N2/c1-15-8-4-7-14(15)11-16-9-12-5-2-3-6-13(12)10-16/h2-3,5-6,14H,4,7-11H2,1H3/t14-/m0/s1. The molecule has 0 aromatic heterocycles. The van der Waals surface area contributed by atoms with Crippen molar-refractivity contribution < 1.29 is 0 Å². The first-order chi connectivity index (χ1) is 7.83. The van der Waals surface area contributed by atoms with Crippen LogP contribution in [0.5, 0.6) is 0 Å². The minimum absolute atomic E-state index is 0.786. The molecule has 3 rings (SSSR count). The molecule has 16 heavy (non-hydrogen) atoms. The van der Waals surface area contributed by atoms with Crippen molar-refractivity contribution in [2.45, 2.75) is 32.0 Å². The van der Waals surface area contributed by atoms with Crippen LogP contribution in [0.3, 0.4) is 0 Å². The molecule has 2 heterocycles. The van der Waals surface area contributed by atoms with Gasteiger partial charge in [0.25, 0.3) is 0 Å². The van der Waals surface area contributed by atoms with Crippen molar-refractivity contribution in [1.29, 1.82) is 0 Å². The predicted molar refractivity (Wildman–Crippen MR) is 66.2 cm³/mol. The molecule has 2 nitrogen and oxygen atoms in total. The van der Waals surface area contributed by atoms with Gasteiger partial charge in [-0.1, -0.05) is 24.3 Å². The van der Waals surface area contributed by atoms with Gasteiger partial charge in [-0.25, -0.2) is 0 Å². The maximum Gasteiger partial charge on any atom is 0.0241 e. The third-order valence-corrected chi connectivity index (χ3v) is 4.05. The van der Waals surface area contributed by atoms with Gasteiger partial charge >= 0.3 is 0 Å². The molecule has 0 aliphatic carbocycles. The van der Waals surface area contributed by atoms with E-state index in [1.54, 1.807) is 0 Å². The van der Waals surface area contributed by atoms with E-state index in [0.29, 0.717) is 0 Å². The monoisotopic (exact) mass is 216 g/mol. The molecule has 2 heteroatoms. The van der Waals surface area contributed by atoms with Crippen molar-refractivity contribution in [2.24, 2.45) is 0 Å². The predicted octanol–water partition coefficient (Wildman–Crippen LogP) is 2.10. The fraction of sp³-hybridized carbons (Fsp3) is 0.571. The molecule has 1 saturated heterocycles. The maximum atomic E-state index is 2.59. The lowest BCUT2D eigenvalue weighted by Gasteiger charge is -2.25. The second kappa shape index (κ2) is 4.19. The van der Waals surface area contributed by atoms with E-state index in [0.717, 1.165) is 19.1 Å². The summed E-state index contributed by atoms with van der Waals surface area (Å²) < 4.78 is 0. The Hall–Kier alpha value is -0.860. The molecule has 2 aliphatic heterocycles. The molecule has 0 unspecified atom stereocenters. The minimum Gasteiger partial charge on any atom is -0.302 e. The van der Waals surface area contributed by atoms with Gasteiger partial charge in [0.1, 0.15) is 0 Å². The average Bonchev–Trinajstić information content (AvgIpc) is 2.85. The van der Waals surface area contributed by atoms with Crippen LogP contribution in [0.4, 0.5) is 0 Å². The first kappa shape index (κ1) is 10.3. The summed E-state index contributed by atoms with van der Waals surface area (Å²) in [7, 11) is 2.26. The summed E-state index contributed by atoms with van der Waals surface area (Å²) in [5.74, 6) is 0. The maximum absolute atomic E-state index is 2.59. The molecule has 1 aromatic carbocycles. The van der Waals surface area contributed by atoms with Gasteiger partial charge in [0.05, 0.1) is 0 Å². The van der Waals surface area contributed by atoms with Gasteiger partial charge in [-0.3, -0.25) is 4.90 Å². The molecule has 0 amide bonds. The highest BCUT2D eigenvalue weighted by Gasteiger charge is 2.26. The molecule has 0 spiro atoms. The van der Waals surface area contributed by atoms with Gasteiger partial charge in [0, 0.05) is 25.7 Å². The smallest absolute Gasteiger partial charge is 0.0241 e. The molecule has 0 bridgehead atoms. The van der Waals surface area contributed by atoms with Gasteiger partial charge in [0.2, 0.25) is 0 Å². The van der Waals surface area contributed by atoms with E-state index >= 15 is 0 Å². The summed E-state index contributed by atoms with van der Waals surface area (Å²) in [6.45, 7) is 4.83. The average molecular weight is 216 g/mol. The molecule has 0 N–H and O–H groups in total. The summed E-state index contributed by atoms with van der Waals surface area (Å²) in [4.78, 5) is 5.11. The van der Waals surface area contributed by atoms with Crippen molar-refractivity contribution in [2.75, 3.05) is 20.1 Å². The van der Waals surface area contributed by atoms with Gasteiger partial charge < -0.3 is 4.90 Å². The lowest BCUT2D eigenvalue weighted by Crippen LogP contribution is -2.36. The highest BCUT2D eigenvalue weighted by molar-refractivity contribution is 5.30. The van der Waals surface area contributed by atoms with E-state index in [2.05, 4.69) is 41.1 Å². The van der Waals surface area contributed by atoms with E-state index in [1.807, 2.05) is 0 Å². The lowest BCUT2D eigenvalue weighted by atomic mass is 10.1. The fourth-order valence-electron chi connectivity index (χ4n) is 3.04. The summed E-state index contributed by atoms with van der Waals surface area (Å²) in [5.41, 5.74) is 3.06. The zero-order chi connectivity index (χ0) is 11.0. The third-order valence-electron chi connectivity index (χ3n) is 4.05. The van der Waals surface area contributed by atoms with Gasteiger partial charge in [-0.2, -0.15) is 0 Å². The Morgan fingerprint density at radius 2 is 1.88 bits per heavy atom. The summed E-state index contributed by atoms with van der Waals surface area (Å²) in [6.07, 6.45) is 2.76. The van der Waals surface area contributed by atoms with Crippen molar-refractivity contribution in [3.63, 3.8) is 0 Å². The number of nitrogens with zero attached hydrogens (tertiary/aromatic N) is 2. The second-order valence-corrected chi connectivity index (χ2v) is 5.21. The highest BCUT2D eigenvalue weighted by Crippen LogP contribution is 2.24. The Balaban J connectivity index is 1.63. The van der Waals surface area contributed by atoms with Gasteiger partial charge in [0.15, 0.2) is 0 Å². The van der Waals surface area contributed by atoms with E-state index in [9.17, 15) is 0 Å². The lowest BCUT2D eigenvalue weighted by molar-refractivity contribution is 0.194. The van der Waals surface area contributed by atoms with Crippen molar-refractivity contribution >= 4 is 0 Å². The largest absolute Gasteiger partial charge is 0.302 e. The number of likely N-dealkylation sites (N-methyl/N-ethyl adjacent to an activating group) is 1. The Morgan fingerprint density at radius 1 is 1.19 bits per heavy atom. The summed E-state index contributed by atoms with van der Waals surface area (Å²) in [6, 6.07) is 9.64. The van der Waals surface area contributed by atoms with Crippen LogP contribution in [-0.4, -0.2) is 36.0 Å². The van der Waals surface area contributed by atoms with Crippen LogP contribution in [-0.2, 0) is 13.1 Å². The first-order valence-electron chi connectivity index (χ1n) is 6.32. The highest BCUT2D eigenvalue weighted by atomic mass is 15.2. The molecule has 1 atom stereocenters. The summed E-state index contributed by atoms with van der Waals surface area (Å²) in [5, 5.41) is 0. The normalized spacial score (nSPS) is 26.2. The molecular formula is C14H20N2. The zero-order valence-electron chi connectivity index (χ0n) is 10.0. The SMILES string of the molecule is CN1CCC[C@H]1CN1Cc2ccccc2C1. The van der Waals surface area contributed by atoms with Crippen LogP contribution >= 0.6 is 0 Å². The van der Waals surface area contributed by atoms with E-state index < -0.39 is 0 Å². The Morgan fingerprint density at radius 3 is 2.44 bits per heavy atom. The number of likely N-dealkylation sites (tertiary alicyclic amines) is 1.